The van der Waals surface area contributed by atoms with Crippen molar-refractivity contribution in [3.05, 3.63) is 21.9 Å². The molecule has 2 atom stereocenters. The highest BCUT2D eigenvalue weighted by atomic mass is 32.1. The molecule has 0 saturated carbocycles. The molecule has 0 radical (unpaired) electrons. The van der Waals surface area contributed by atoms with E-state index in [1.165, 1.54) is 4.88 Å². The van der Waals surface area contributed by atoms with Gasteiger partial charge < -0.3 is 4.74 Å². The van der Waals surface area contributed by atoms with Crippen molar-refractivity contribution in [3.8, 4) is 0 Å². The lowest BCUT2D eigenvalue weighted by molar-refractivity contribution is -0.0355. The molecule has 2 unspecified atom stereocenters. The van der Waals surface area contributed by atoms with Crippen LogP contribution in [0.4, 0.5) is 0 Å². The predicted molar refractivity (Wildman–Crippen MR) is 67.7 cm³/mol. The average molecular weight is 251 g/mol. The lowest BCUT2D eigenvalue weighted by Crippen LogP contribution is -2.44. The van der Waals surface area contributed by atoms with Gasteiger partial charge in [0.2, 0.25) is 0 Å². The van der Waals surface area contributed by atoms with E-state index in [0.717, 1.165) is 30.8 Å². The Morgan fingerprint density at radius 1 is 1.41 bits per heavy atom. The van der Waals surface area contributed by atoms with Gasteiger partial charge in [-0.05, 0) is 31.9 Å². The zero-order valence-corrected chi connectivity index (χ0v) is 10.8. The topological polar surface area (TPSA) is 29.5 Å². The van der Waals surface area contributed by atoms with Crippen molar-refractivity contribution in [1.82, 2.24) is 4.90 Å². The zero-order chi connectivity index (χ0) is 11.8. The smallest absolute Gasteiger partial charge is 0.186 e. The number of ether oxygens (including phenoxy) is 1. The van der Waals surface area contributed by atoms with Gasteiger partial charge >= 0.3 is 0 Å². The molecule has 3 nitrogen and oxygen atoms in total. The maximum atomic E-state index is 12.1. The predicted octanol–water partition coefficient (Wildman–Crippen LogP) is 2.10. The van der Waals surface area contributed by atoms with E-state index in [9.17, 15) is 4.79 Å². The molecule has 0 aliphatic carbocycles. The van der Waals surface area contributed by atoms with E-state index in [0.29, 0.717) is 18.8 Å². The van der Waals surface area contributed by atoms with Crippen molar-refractivity contribution < 1.29 is 9.53 Å². The summed E-state index contributed by atoms with van der Waals surface area (Å²) in [4.78, 5) is 16.4. The van der Waals surface area contributed by atoms with E-state index in [1.807, 2.05) is 19.1 Å². The first-order valence-corrected chi connectivity index (χ1v) is 7.00. The number of hydrogen-bond acceptors (Lipinski definition) is 4. The summed E-state index contributed by atoms with van der Waals surface area (Å²) < 4.78 is 5.77. The van der Waals surface area contributed by atoms with Crippen molar-refractivity contribution in [2.45, 2.75) is 32.0 Å². The summed E-state index contributed by atoms with van der Waals surface area (Å²) in [7, 11) is 0. The minimum absolute atomic E-state index is 0.254. The summed E-state index contributed by atoms with van der Waals surface area (Å²) in [6.45, 7) is 4.44. The third kappa shape index (κ3) is 2.44. The molecule has 3 heterocycles. The van der Waals surface area contributed by atoms with Gasteiger partial charge in [-0.1, -0.05) is 0 Å². The molecule has 1 aromatic rings. The summed E-state index contributed by atoms with van der Waals surface area (Å²) in [5, 5.41) is 0. The minimum Gasteiger partial charge on any atom is -0.372 e. The van der Waals surface area contributed by atoms with Gasteiger partial charge in [-0.15, -0.1) is 11.3 Å². The van der Waals surface area contributed by atoms with Crippen LogP contribution in [0.3, 0.4) is 0 Å². The fourth-order valence-electron chi connectivity index (χ4n) is 2.69. The molecular weight excluding hydrogens is 234 g/mol. The van der Waals surface area contributed by atoms with Crippen LogP contribution in [0.25, 0.3) is 0 Å². The van der Waals surface area contributed by atoms with Gasteiger partial charge in [0.15, 0.2) is 5.78 Å². The van der Waals surface area contributed by atoms with Crippen LogP contribution in [0, 0.1) is 6.92 Å². The number of Topliss-reactive ketones (excluding diaryl/α,β-unsaturated/α-hetero) is 1. The van der Waals surface area contributed by atoms with Crippen LogP contribution in [-0.2, 0) is 4.74 Å². The number of aryl methyl sites for hydroxylation is 1. The van der Waals surface area contributed by atoms with E-state index < -0.39 is 0 Å². The standard InChI is InChI=1S/C13H17NO2S/c1-9-2-5-13(17-9)12(15)8-14-6-10-3-4-11(7-14)16-10/h2,5,10-11H,3-4,6-8H2,1H3. The largest absolute Gasteiger partial charge is 0.372 e. The minimum atomic E-state index is 0.254. The number of nitrogens with zero attached hydrogens (tertiary/aromatic N) is 1. The molecule has 2 aliphatic rings. The van der Waals surface area contributed by atoms with E-state index in [-0.39, 0.29) is 5.78 Å². The Bertz CT molecular complexity index is 417. The molecule has 92 valence electrons. The molecule has 2 aliphatic heterocycles. The van der Waals surface area contributed by atoms with E-state index in [1.54, 1.807) is 11.3 Å². The van der Waals surface area contributed by atoms with Crippen LogP contribution in [0.1, 0.15) is 27.4 Å². The lowest BCUT2D eigenvalue weighted by Gasteiger charge is -2.31. The second-order valence-corrected chi connectivity index (χ2v) is 6.27. The number of hydrogen-bond donors (Lipinski definition) is 0. The van der Waals surface area contributed by atoms with Gasteiger partial charge in [0.05, 0.1) is 23.6 Å². The SMILES string of the molecule is Cc1ccc(C(=O)CN2CC3CCC(C2)O3)s1. The Hall–Kier alpha value is -0.710. The molecule has 17 heavy (non-hydrogen) atoms. The quantitative estimate of drug-likeness (QED) is 0.771. The van der Waals surface area contributed by atoms with Crippen LogP contribution in [0.2, 0.25) is 0 Å². The van der Waals surface area contributed by atoms with Crippen LogP contribution in [-0.4, -0.2) is 42.5 Å². The summed E-state index contributed by atoms with van der Waals surface area (Å²) in [5.74, 6) is 0.254. The Labute approximate surface area is 105 Å². The Morgan fingerprint density at radius 3 is 2.71 bits per heavy atom. The van der Waals surface area contributed by atoms with Gasteiger partial charge in [-0.2, -0.15) is 0 Å². The monoisotopic (exact) mass is 251 g/mol. The van der Waals surface area contributed by atoms with Crippen molar-refractivity contribution in [2.24, 2.45) is 0 Å². The molecule has 2 bridgehead atoms. The fraction of sp³-hybridized carbons (Fsp3) is 0.615. The maximum absolute atomic E-state index is 12.1. The Balaban J connectivity index is 1.62. The number of carbonyl (C=O) groups is 1. The van der Waals surface area contributed by atoms with E-state index >= 15 is 0 Å². The molecule has 0 N–H and O–H groups in total. The van der Waals surface area contributed by atoms with Gasteiger partial charge in [0, 0.05) is 18.0 Å². The van der Waals surface area contributed by atoms with Gasteiger partial charge in [-0.25, -0.2) is 0 Å². The third-order valence-electron chi connectivity index (χ3n) is 3.50. The molecule has 0 amide bonds. The van der Waals surface area contributed by atoms with Gasteiger partial charge in [0.1, 0.15) is 0 Å². The summed E-state index contributed by atoms with van der Waals surface area (Å²) in [6, 6.07) is 3.96. The summed E-state index contributed by atoms with van der Waals surface area (Å²) >= 11 is 1.59. The molecular formula is C13H17NO2S. The van der Waals surface area contributed by atoms with Crippen molar-refractivity contribution in [1.29, 1.82) is 0 Å². The second-order valence-electron chi connectivity index (χ2n) is 4.99. The number of ketones is 1. The van der Waals surface area contributed by atoms with Gasteiger partial charge in [-0.3, -0.25) is 9.69 Å². The molecule has 2 fully saturated rings. The van der Waals surface area contributed by atoms with Gasteiger partial charge in [0.25, 0.3) is 0 Å². The normalized spacial score (nSPS) is 28.5. The first-order chi connectivity index (χ1) is 8.20. The number of carbonyl (C=O) groups excluding carboxylic acids is 1. The highest BCUT2D eigenvalue weighted by Gasteiger charge is 2.34. The number of likely N-dealkylation sites (tertiary alicyclic amines) is 1. The van der Waals surface area contributed by atoms with Crippen molar-refractivity contribution in [3.63, 3.8) is 0 Å². The van der Waals surface area contributed by atoms with Crippen LogP contribution >= 0.6 is 11.3 Å². The highest BCUT2D eigenvalue weighted by Crippen LogP contribution is 2.26. The molecule has 0 spiro atoms. The first-order valence-electron chi connectivity index (χ1n) is 6.18. The van der Waals surface area contributed by atoms with Crippen molar-refractivity contribution in [2.75, 3.05) is 19.6 Å². The Morgan fingerprint density at radius 2 is 2.12 bits per heavy atom. The third-order valence-corrected chi connectivity index (χ3v) is 4.54. The van der Waals surface area contributed by atoms with Crippen LogP contribution in [0.15, 0.2) is 12.1 Å². The highest BCUT2D eigenvalue weighted by molar-refractivity contribution is 7.14. The summed E-state index contributed by atoms with van der Waals surface area (Å²) in [6.07, 6.45) is 3.05. The second kappa shape index (κ2) is 4.52. The van der Waals surface area contributed by atoms with Crippen LogP contribution in [0.5, 0.6) is 0 Å². The number of morpholine rings is 1. The van der Waals surface area contributed by atoms with Crippen molar-refractivity contribution >= 4 is 17.1 Å². The Kier molecular flexibility index (Phi) is 3.03. The van der Waals surface area contributed by atoms with E-state index in [4.69, 9.17) is 4.74 Å². The number of thiophene rings is 1. The molecule has 3 rings (SSSR count). The molecule has 1 aromatic heterocycles. The lowest BCUT2D eigenvalue weighted by atomic mass is 10.2. The molecule has 0 aromatic carbocycles. The average Bonchev–Trinajstić information content (AvgIpc) is 2.85. The zero-order valence-electron chi connectivity index (χ0n) is 10.0. The maximum Gasteiger partial charge on any atom is 0.186 e. The first kappa shape index (κ1) is 11.4. The fourth-order valence-corrected chi connectivity index (χ4v) is 3.49. The summed E-state index contributed by atoms with van der Waals surface area (Å²) in [5.41, 5.74) is 0. The number of fused-ring (bicyclic) bond motifs is 2. The molecule has 4 heteroatoms. The van der Waals surface area contributed by atoms with E-state index in [2.05, 4.69) is 4.90 Å². The van der Waals surface area contributed by atoms with Crippen LogP contribution < -0.4 is 0 Å². The molecule has 2 saturated heterocycles. The number of rotatable bonds is 3.